The lowest BCUT2D eigenvalue weighted by Gasteiger charge is -2.15. The predicted molar refractivity (Wildman–Crippen MR) is 115 cm³/mol. The molecule has 0 spiro atoms. The number of carbonyl (C=O) groups is 2. The first kappa shape index (κ1) is 19.7. The van der Waals surface area contributed by atoms with Crippen molar-refractivity contribution >= 4 is 28.4 Å². The molecule has 2 amide bonds. The Balaban J connectivity index is 1.37. The van der Waals surface area contributed by atoms with Crippen molar-refractivity contribution in [2.24, 2.45) is 0 Å². The molecular weight excluding hydrogens is 382 g/mol. The van der Waals surface area contributed by atoms with Crippen molar-refractivity contribution in [3.63, 3.8) is 0 Å². The van der Waals surface area contributed by atoms with Crippen LogP contribution in [0.15, 0.2) is 59.4 Å². The molecule has 7 heteroatoms. The average Bonchev–Trinajstić information content (AvgIpc) is 3.28. The molecule has 2 heterocycles. The van der Waals surface area contributed by atoms with Crippen molar-refractivity contribution in [3.8, 4) is 5.75 Å². The molecule has 1 aliphatic heterocycles. The van der Waals surface area contributed by atoms with Gasteiger partial charge in [-0.1, -0.05) is 24.3 Å². The molecule has 2 N–H and O–H groups in total. The van der Waals surface area contributed by atoms with E-state index in [1.54, 1.807) is 35.2 Å². The van der Waals surface area contributed by atoms with Crippen LogP contribution in [0.5, 0.6) is 5.75 Å². The molecule has 0 atom stereocenters. The molecule has 154 valence electrons. The molecule has 0 unspecified atom stereocenters. The topological polar surface area (TPSA) is 91.5 Å². The van der Waals surface area contributed by atoms with E-state index >= 15 is 0 Å². The minimum Gasteiger partial charge on any atom is -0.484 e. The van der Waals surface area contributed by atoms with E-state index in [1.165, 1.54) is 0 Å². The zero-order valence-electron chi connectivity index (χ0n) is 16.5. The van der Waals surface area contributed by atoms with Gasteiger partial charge in [0.05, 0.1) is 6.42 Å². The molecule has 7 nitrogen and oxygen atoms in total. The summed E-state index contributed by atoms with van der Waals surface area (Å²) in [6.07, 6.45) is 2.03. The van der Waals surface area contributed by atoms with Crippen molar-refractivity contribution in [2.45, 2.75) is 19.3 Å². The van der Waals surface area contributed by atoms with Gasteiger partial charge in [-0.25, -0.2) is 0 Å². The van der Waals surface area contributed by atoms with Crippen molar-refractivity contribution < 1.29 is 14.3 Å². The Kier molecular flexibility index (Phi) is 5.79. The highest BCUT2D eigenvalue weighted by atomic mass is 16.5. The number of rotatable bonds is 6. The van der Waals surface area contributed by atoms with Crippen LogP contribution < -0.4 is 15.6 Å². The lowest BCUT2D eigenvalue weighted by atomic mass is 10.1. The first-order chi connectivity index (χ1) is 14.6. The van der Waals surface area contributed by atoms with Crippen LogP contribution in [0.1, 0.15) is 18.4 Å². The smallest absolute Gasteiger partial charge is 0.260 e. The highest BCUT2D eigenvalue weighted by molar-refractivity contribution is 5.93. The van der Waals surface area contributed by atoms with Crippen LogP contribution in [-0.4, -0.2) is 41.4 Å². The molecule has 3 aromatic rings. The molecule has 0 bridgehead atoms. The van der Waals surface area contributed by atoms with E-state index in [4.69, 9.17) is 4.74 Å². The Hall–Kier alpha value is -3.61. The number of hydrogen-bond donors (Lipinski definition) is 2. The number of fused-ring (bicyclic) bond motifs is 1. The van der Waals surface area contributed by atoms with Crippen LogP contribution in [0.3, 0.4) is 0 Å². The summed E-state index contributed by atoms with van der Waals surface area (Å²) >= 11 is 0. The third-order valence-corrected chi connectivity index (χ3v) is 5.12. The van der Waals surface area contributed by atoms with Crippen molar-refractivity contribution in [1.29, 1.82) is 0 Å². The van der Waals surface area contributed by atoms with Gasteiger partial charge in [0.2, 0.25) is 5.91 Å². The summed E-state index contributed by atoms with van der Waals surface area (Å²) in [5, 5.41) is 3.65. The molecule has 1 fully saturated rings. The van der Waals surface area contributed by atoms with Gasteiger partial charge in [0, 0.05) is 35.9 Å². The first-order valence-corrected chi connectivity index (χ1v) is 10.00. The Morgan fingerprint density at radius 1 is 1.03 bits per heavy atom. The van der Waals surface area contributed by atoms with Crippen LogP contribution in [0.25, 0.3) is 10.9 Å². The van der Waals surface area contributed by atoms with E-state index in [0.29, 0.717) is 17.0 Å². The van der Waals surface area contributed by atoms with E-state index in [9.17, 15) is 14.4 Å². The number of ether oxygens (including phenoxy) is 1. The highest BCUT2D eigenvalue weighted by Gasteiger charge is 2.18. The van der Waals surface area contributed by atoms with Crippen LogP contribution in [0.4, 0.5) is 5.69 Å². The largest absolute Gasteiger partial charge is 0.484 e. The highest BCUT2D eigenvalue weighted by Crippen LogP contribution is 2.18. The maximum Gasteiger partial charge on any atom is 0.260 e. The number of aromatic nitrogens is 1. The molecule has 4 rings (SSSR count). The fraction of sp³-hybridized carbons (Fsp3) is 0.261. The van der Waals surface area contributed by atoms with Crippen LogP contribution in [0.2, 0.25) is 0 Å². The number of anilines is 1. The normalized spacial score (nSPS) is 13.4. The van der Waals surface area contributed by atoms with Gasteiger partial charge in [0.25, 0.3) is 11.5 Å². The lowest BCUT2D eigenvalue weighted by molar-refractivity contribution is -0.132. The number of amides is 2. The number of nitrogens with one attached hydrogen (secondary N) is 2. The summed E-state index contributed by atoms with van der Waals surface area (Å²) in [6.45, 7) is 1.54. The fourth-order valence-corrected chi connectivity index (χ4v) is 3.57. The number of benzene rings is 2. The van der Waals surface area contributed by atoms with Gasteiger partial charge in [-0.05, 0) is 42.5 Å². The summed E-state index contributed by atoms with van der Waals surface area (Å²) in [7, 11) is 0. The standard InChI is InChI=1S/C23H23N3O4/c27-21(13-17-12-16-6-1-2-9-20(16)25-23(17)29)24-18-7-5-8-19(14-18)30-15-22(28)26-10-3-4-11-26/h1-2,5-9,12,14H,3-4,10-11,13,15H2,(H,24,27)(H,25,29). The third-order valence-electron chi connectivity index (χ3n) is 5.12. The number of aromatic amines is 1. The number of nitrogens with zero attached hydrogens (tertiary/aromatic N) is 1. The van der Waals surface area contributed by atoms with Crippen LogP contribution >= 0.6 is 0 Å². The molecule has 0 radical (unpaired) electrons. The zero-order valence-corrected chi connectivity index (χ0v) is 16.5. The van der Waals surface area contributed by atoms with Gasteiger partial charge in [-0.2, -0.15) is 0 Å². The fourth-order valence-electron chi connectivity index (χ4n) is 3.57. The monoisotopic (exact) mass is 405 g/mol. The quantitative estimate of drug-likeness (QED) is 0.660. The average molecular weight is 405 g/mol. The van der Waals surface area contributed by atoms with Gasteiger partial charge >= 0.3 is 0 Å². The number of carbonyl (C=O) groups excluding carboxylic acids is 2. The van der Waals surface area contributed by atoms with Crippen molar-refractivity contribution in [3.05, 3.63) is 70.5 Å². The summed E-state index contributed by atoms with van der Waals surface area (Å²) in [6, 6.07) is 16.0. The van der Waals surface area contributed by atoms with Gasteiger partial charge in [-0.3, -0.25) is 14.4 Å². The minimum absolute atomic E-state index is 0.0239. The molecule has 1 aliphatic rings. The van der Waals surface area contributed by atoms with Gasteiger partial charge in [0.1, 0.15) is 5.75 Å². The zero-order chi connectivity index (χ0) is 20.9. The van der Waals surface area contributed by atoms with Gasteiger partial charge < -0.3 is 19.9 Å². The summed E-state index contributed by atoms with van der Waals surface area (Å²) in [5.41, 5.74) is 1.40. The molecule has 1 aromatic heterocycles. The number of H-pyrrole nitrogens is 1. The van der Waals surface area contributed by atoms with E-state index in [1.807, 2.05) is 24.3 Å². The number of likely N-dealkylation sites (tertiary alicyclic amines) is 1. The SMILES string of the molecule is O=C(Cc1cc2ccccc2[nH]c1=O)Nc1cccc(OCC(=O)N2CCCC2)c1. The van der Waals surface area contributed by atoms with E-state index in [0.717, 1.165) is 36.8 Å². The Labute approximate surface area is 173 Å². The van der Waals surface area contributed by atoms with Gasteiger partial charge in [-0.15, -0.1) is 0 Å². The minimum atomic E-state index is -0.305. The number of hydrogen-bond acceptors (Lipinski definition) is 4. The second-order valence-electron chi connectivity index (χ2n) is 7.34. The van der Waals surface area contributed by atoms with Crippen LogP contribution in [0, 0.1) is 0 Å². The molecule has 0 saturated carbocycles. The Morgan fingerprint density at radius 3 is 2.67 bits per heavy atom. The maximum atomic E-state index is 12.5. The second-order valence-corrected chi connectivity index (χ2v) is 7.34. The Bertz CT molecular complexity index is 1130. The summed E-state index contributed by atoms with van der Waals surface area (Å²) in [4.78, 5) is 41.4. The van der Waals surface area contributed by atoms with Crippen LogP contribution in [-0.2, 0) is 16.0 Å². The molecule has 0 aliphatic carbocycles. The second kappa shape index (κ2) is 8.82. The Morgan fingerprint density at radius 2 is 1.83 bits per heavy atom. The first-order valence-electron chi connectivity index (χ1n) is 10.00. The van der Waals surface area contributed by atoms with E-state index < -0.39 is 0 Å². The molecule has 1 saturated heterocycles. The third kappa shape index (κ3) is 4.68. The van der Waals surface area contributed by atoms with Crippen molar-refractivity contribution in [1.82, 2.24) is 9.88 Å². The lowest BCUT2D eigenvalue weighted by Crippen LogP contribution is -2.32. The predicted octanol–water partition coefficient (Wildman–Crippen LogP) is 2.71. The summed E-state index contributed by atoms with van der Waals surface area (Å²) in [5.74, 6) is 0.169. The number of pyridine rings is 1. The summed E-state index contributed by atoms with van der Waals surface area (Å²) < 4.78 is 5.59. The molecule has 30 heavy (non-hydrogen) atoms. The van der Waals surface area contributed by atoms with E-state index in [-0.39, 0.29) is 30.4 Å². The van der Waals surface area contributed by atoms with Gasteiger partial charge in [0.15, 0.2) is 6.61 Å². The maximum absolute atomic E-state index is 12.5. The molecule has 2 aromatic carbocycles. The number of para-hydroxylation sites is 1. The van der Waals surface area contributed by atoms with E-state index in [2.05, 4.69) is 10.3 Å². The van der Waals surface area contributed by atoms with Crippen molar-refractivity contribution in [2.75, 3.05) is 25.0 Å². The molecular formula is C23H23N3O4.